The van der Waals surface area contributed by atoms with E-state index in [9.17, 15) is 19.8 Å². The van der Waals surface area contributed by atoms with Gasteiger partial charge in [-0.1, -0.05) is 50.8 Å². The van der Waals surface area contributed by atoms with Crippen molar-refractivity contribution in [2.45, 2.75) is 70.8 Å². The third-order valence-corrected chi connectivity index (χ3v) is 8.74. The monoisotopic (exact) mass is 523 g/mol. The van der Waals surface area contributed by atoms with E-state index in [0.29, 0.717) is 24.8 Å². The number of hydrogen-bond acceptors (Lipinski definition) is 6. The number of rotatable bonds is 4. The number of carbonyl (C=O) groups excluding carboxylic acids is 2. The van der Waals surface area contributed by atoms with Crippen LogP contribution in [0.3, 0.4) is 0 Å². The molecule has 1 heterocycles. The van der Waals surface area contributed by atoms with Crippen LogP contribution in [-0.2, 0) is 20.7 Å². The largest absolute Gasteiger partial charge is 0.497 e. The zero-order chi connectivity index (χ0) is 27.8. The fourth-order valence-corrected chi connectivity index (χ4v) is 7.05. The van der Waals surface area contributed by atoms with E-state index in [1.165, 1.54) is 6.92 Å². The highest BCUT2D eigenvalue weighted by molar-refractivity contribution is 5.89. The molecule has 0 radical (unpaired) electrons. The molecule has 1 spiro atoms. The van der Waals surface area contributed by atoms with Gasteiger partial charge in [0.15, 0.2) is 0 Å². The van der Waals surface area contributed by atoms with Gasteiger partial charge in [-0.3, -0.25) is 9.59 Å². The molecule has 7 nitrogen and oxygen atoms in total. The van der Waals surface area contributed by atoms with Gasteiger partial charge in [0.1, 0.15) is 17.3 Å². The van der Waals surface area contributed by atoms with Crippen molar-refractivity contribution in [3.05, 3.63) is 66.3 Å². The highest BCUT2D eigenvalue weighted by Crippen LogP contribution is 2.58. The summed E-state index contributed by atoms with van der Waals surface area (Å²) in [7, 11) is 1.62. The summed E-state index contributed by atoms with van der Waals surface area (Å²) in [5.74, 6) is -1.13. The summed E-state index contributed by atoms with van der Waals surface area (Å²) < 4.78 is 11.2. The van der Waals surface area contributed by atoms with Crippen LogP contribution < -0.4 is 10.1 Å². The topological polar surface area (TPSA) is 105 Å². The Morgan fingerprint density at radius 2 is 1.89 bits per heavy atom. The summed E-state index contributed by atoms with van der Waals surface area (Å²) in [5.41, 5.74) is -0.758. The summed E-state index contributed by atoms with van der Waals surface area (Å²) in [5, 5.41) is 25.9. The molecule has 9 atom stereocenters. The van der Waals surface area contributed by atoms with Crippen LogP contribution in [0.4, 0.5) is 0 Å². The standard InChI is InChI=1S/C31H41NO6/c1-18-8-7-9-24-28(34)20(3)19(2)27-25(16-22-10-12-23(37-6)13-11-22)32-29(35)31(24,27)26(38-21(4)33)14-15-30(5,36)17-18/h7,9-15,18-19,24-28,34,36H,3,8,16-17H2,1-2,4-6H3,(H,32,35)/t18-,19+,24-,25-,26+,27-,28+,30-,31+/m0/s1. The van der Waals surface area contributed by atoms with Crippen molar-refractivity contribution >= 4 is 11.9 Å². The van der Waals surface area contributed by atoms with E-state index in [-0.39, 0.29) is 29.7 Å². The number of methoxy groups -OCH3 is 1. The van der Waals surface area contributed by atoms with Crippen molar-refractivity contribution in [1.29, 1.82) is 0 Å². The fourth-order valence-electron chi connectivity index (χ4n) is 7.05. The number of carbonyl (C=O) groups is 2. The van der Waals surface area contributed by atoms with Crippen molar-refractivity contribution in [2.75, 3.05) is 7.11 Å². The lowest BCUT2D eigenvalue weighted by Gasteiger charge is -2.52. The number of ether oxygens (including phenoxy) is 2. The van der Waals surface area contributed by atoms with Crippen LogP contribution >= 0.6 is 0 Å². The average Bonchev–Trinajstić information content (AvgIpc) is 3.13. The highest BCUT2D eigenvalue weighted by Gasteiger charge is 2.68. The first-order chi connectivity index (χ1) is 17.9. The Morgan fingerprint density at radius 1 is 1.21 bits per heavy atom. The molecule has 1 aliphatic heterocycles. The predicted octanol–water partition coefficient (Wildman–Crippen LogP) is 3.75. The molecule has 1 saturated heterocycles. The fraction of sp³-hybridized carbons (Fsp3) is 0.548. The molecular formula is C31H41NO6. The van der Waals surface area contributed by atoms with Crippen LogP contribution in [0.25, 0.3) is 0 Å². The number of aliphatic hydroxyl groups is 2. The molecule has 2 aliphatic carbocycles. The minimum absolute atomic E-state index is 0.158. The first kappa shape index (κ1) is 28.1. The molecule has 7 heteroatoms. The predicted molar refractivity (Wildman–Crippen MR) is 145 cm³/mol. The summed E-state index contributed by atoms with van der Waals surface area (Å²) in [6.07, 6.45) is 6.94. The van der Waals surface area contributed by atoms with Gasteiger partial charge in [-0.05, 0) is 67.4 Å². The van der Waals surface area contributed by atoms with Gasteiger partial charge in [0.2, 0.25) is 5.91 Å². The summed E-state index contributed by atoms with van der Waals surface area (Å²) >= 11 is 0. The second-order valence-corrected chi connectivity index (χ2v) is 11.6. The Labute approximate surface area is 225 Å². The van der Waals surface area contributed by atoms with Crippen LogP contribution in [0.15, 0.2) is 60.7 Å². The second-order valence-electron chi connectivity index (χ2n) is 11.6. The summed E-state index contributed by atoms with van der Waals surface area (Å²) in [6, 6.07) is 7.44. The maximum absolute atomic E-state index is 14.2. The summed E-state index contributed by atoms with van der Waals surface area (Å²) in [4.78, 5) is 26.6. The lowest BCUT2D eigenvalue weighted by molar-refractivity contribution is -0.166. The first-order valence-corrected chi connectivity index (χ1v) is 13.5. The summed E-state index contributed by atoms with van der Waals surface area (Å²) in [6.45, 7) is 11.3. The van der Waals surface area contributed by atoms with E-state index in [2.05, 4.69) is 18.8 Å². The van der Waals surface area contributed by atoms with Crippen molar-refractivity contribution in [1.82, 2.24) is 5.32 Å². The molecule has 206 valence electrons. The van der Waals surface area contributed by atoms with Gasteiger partial charge in [0.25, 0.3) is 0 Å². The van der Waals surface area contributed by atoms with Gasteiger partial charge in [0, 0.05) is 24.8 Å². The Balaban J connectivity index is 1.89. The second kappa shape index (κ2) is 10.7. The third-order valence-electron chi connectivity index (χ3n) is 8.74. The molecule has 1 amide bonds. The van der Waals surface area contributed by atoms with Crippen LogP contribution in [-0.4, -0.2) is 53.1 Å². The van der Waals surface area contributed by atoms with Crippen LogP contribution in [0.1, 0.15) is 46.1 Å². The van der Waals surface area contributed by atoms with Crippen LogP contribution in [0.5, 0.6) is 5.75 Å². The Kier molecular flexibility index (Phi) is 7.91. The van der Waals surface area contributed by atoms with E-state index < -0.39 is 35.1 Å². The number of nitrogens with one attached hydrogen (secondary N) is 1. The molecular weight excluding hydrogens is 482 g/mol. The van der Waals surface area contributed by atoms with Gasteiger partial charge >= 0.3 is 5.97 Å². The molecule has 0 unspecified atom stereocenters. The van der Waals surface area contributed by atoms with Gasteiger partial charge in [0.05, 0.1) is 18.8 Å². The number of benzene rings is 1. The van der Waals surface area contributed by atoms with Crippen molar-refractivity contribution in [3.8, 4) is 5.75 Å². The Hall–Kier alpha value is -2.90. The molecule has 1 aromatic carbocycles. The number of aliphatic hydroxyl groups excluding tert-OH is 1. The van der Waals surface area contributed by atoms with E-state index in [1.807, 2.05) is 43.3 Å². The number of amides is 1. The Bertz CT molecular complexity index is 1120. The van der Waals surface area contributed by atoms with Crippen molar-refractivity contribution in [2.24, 2.45) is 29.1 Å². The molecule has 0 aromatic heterocycles. The lowest BCUT2D eigenvalue weighted by Crippen LogP contribution is -2.60. The first-order valence-electron chi connectivity index (χ1n) is 13.5. The van der Waals surface area contributed by atoms with Gasteiger partial charge in [-0.15, -0.1) is 0 Å². The minimum atomic E-state index is -1.29. The van der Waals surface area contributed by atoms with Gasteiger partial charge in [-0.25, -0.2) is 0 Å². The van der Waals surface area contributed by atoms with Gasteiger partial charge < -0.3 is 25.0 Å². The number of hydrogen-bond donors (Lipinski definition) is 3. The zero-order valence-corrected chi connectivity index (χ0v) is 23.0. The smallest absolute Gasteiger partial charge is 0.303 e. The van der Waals surface area contributed by atoms with Crippen molar-refractivity contribution in [3.63, 3.8) is 0 Å². The van der Waals surface area contributed by atoms with Crippen molar-refractivity contribution < 1.29 is 29.3 Å². The maximum Gasteiger partial charge on any atom is 0.303 e. The van der Waals surface area contributed by atoms with E-state index in [1.54, 1.807) is 26.2 Å². The molecule has 1 aromatic rings. The van der Waals surface area contributed by atoms with E-state index in [0.717, 1.165) is 11.3 Å². The van der Waals surface area contributed by atoms with E-state index >= 15 is 0 Å². The zero-order valence-electron chi connectivity index (χ0n) is 23.0. The molecule has 4 rings (SSSR count). The van der Waals surface area contributed by atoms with Gasteiger partial charge in [-0.2, -0.15) is 0 Å². The molecule has 0 bridgehead atoms. The Morgan fingerprint density at radius 3 is 2.53 bits per heavy atom. The molecule has 1 saturated carbocycles. The third kappa shape index (κ3) is 5.06. The van der Waals surface area contributed by atoms with Crippen LogP contribution in [0, 0.1) is 29.1 Å². The molecule has 3 aliphatic rings. The molecule has 2 fully saturated rings. The SMILES string of the molecule is C=C1[C@@H](C)[C@H]2[C@H](Cc3ccc(OC)cc3)NC(=O)[C@]23[C@H](OC(C)=O)C=C[C@](C)(O)C[C@@H](C)CC=C[C@H]3[C@@H]1O. The number of allylic oxidation sites excluding steroid dienone is 1. The van der Waals surface area contributed by atoms with E-state index in [4.69, 9.17) is 9.47 Å². The lowest BCUT2D eigenvalue weighted by atomic mass is 9.51. The molecule has 38 heavy (non-hydrogen) atoms. The maximum atomic E-state index is 14.2. The van der Waals surface area contributed by atoms with Crippen LogP contribution in [0.2, 0.25) is 0 Å². The quantitative estimate of drug-likeness (QED) is 0.410. The molecule has 3 N–H and O–H groups in total. The number of esters is 1. The normalized spacial score (nSPS) is 39.0. The highest BCUT2D eigenvalue weighted by atomic mass is 16.5. The minimum Gasteiger partial charge on any atom is -0.497 e. The average molecular weight is 524 g/mol.